The zero-order valence-corrected chi connectivity index (χ0v) is 18.0. The largest absolute Gasteiger partial charge is 0.484 e. The molecule has 0 aliphatic carbocycles. The number of carbonyl (C=O) groups excluding carboxylic acids is 1. The van der Waals surface area contributed by atoms with Gasteiger partial charge in [-0.25, -0.2) is 4.99 Å². The molecule has 0 spiro atoms. The van der Waals surface area contributed by atoms with Gasteiger partial charge in [0.05, 0.1) is 6.54 Å². The van der Waals surface area contributed by atoms with Crippen LogP contribution in [-0.4, -0.2) is 62.5 Å². The number of hydrogen-bond acceptors (Lipinski definition) is 4. The summed E-state index contributed by atoms with van der Waals surface area (Å²) in [6.45, 7) is 4.37. The van der Waals surface area contributed by atoms with E-state index < -0.39 is 0 Å². The number of nitrogens with zero attached hydrogens (tertiary/aromatic N) is 3. The van der Waals surface area contributed by atoms with Crippen LogP contribution in [0.3, 0.4) is 0 Å². The number of rotatable bonds is 9. The van der Waals surface area contributed by atoms with Crippen LogP contribution in [0.25, 0.3) is 0 Å². The Bertz CT molecular complexity index is 760. The molecular weight excluding hydrogens is 372 g/mol. The zero-order valence-electron chi connectivity index (χ0n) is 17.1. The highest BCUT2D eigenvalue weighted by Gasteiger charge is 2.08. The maximum absolute atomic E-state index is 11.7. The molecule has 152 valence electrons. The summed E-state index contributed by atoms with van der Waals surface area (Å²) in [4.78, 5) is 21.5. The van der Waals surface area contributed by atoms with Gasteiger partial charge in [0.1, 0.15) is 5.75 Å². The van der Waals surface area contributed by atoms with Crippen LogP contribution < -0.4 is 10.1 Å². The van der Waals surface area contributed by atoms with Gasteiger partial charge < -0.3 is 19.9 Å². The molecule has 2 rings (SSSR count). The molecule has 0 atom stereocenters. The number of hydrogen-bond donors (Lipinski definition) is 1. The number of ether oxygens (including phenoxy) is 1. The fraction of sp³-hybridized carbons (Fsp3) is 0.429. The first-order chi connectivity index (χ1) is 13.5. The molecule has 0 saturated heterocycles. The number of carbonyl (C=O) groups is 1. The summed E-state index contributed by atoms with van der Waals surface area (Å²) in [7, 11) is 5.49. The van der Waals surface area contributed by atoms with Crippen LogP contribution in [0.15, 0.2) is 46.8 Å². The van der Waals surface area contributed by atoms with Crippen molar-refractivity contribution in [3.05, 3.63) is 52.2 Å². The Morgan fingerprint density at radius 2 is 2.04 bits per heavy atom. The summed E-state index contributed by atoms with van der Waals surface area (Å²) < 4.78 is 5.59. The van der Waals surface area contributed by atoms with Gasteiger partial charge in [0.25, 0.3) is 5.91 Å². The molecule has 0 aliphatic rings. The van der Waals surface area contributed by atoms with Gasteiger partial charge in [-0.3, -0.25) is 4.79 Å². The maximum atomic E-state index is 11.7. The third-order valence-electron chi connectivity index (χ3n) is 4.14. The first-order valence-electron chi connectivity index (χ1n) is 9.43. The number of likely N-dealkylation sites (N-methyl/N-ethyl adjacent to an activating group) is 2. The van der Waals surface area contributed by atoms with Gasteiger partial charge in [0, 0.05) is 39.1 Å². The molecule has 0 radical (unpaired) electrons. The summed E-state index contributed by atoms with van der Waals surface area (Å²) in [5.74, 6) is 1.50. The molecule has 7 heteroatoms. The van der Waals surface area contributed by atoms with Crippen molar-refractivity contribution in [1.29, 1.82) is 0 Å². The lowest BCUT2D eigenvalue weighted by molar-refractivity contribution is -0.130. The maximum Gasteiger partial charge on any atom is 0.259 e. The summed E-state index contributed by atoms with van der Waals surface area (Å²) in [5, 5.41) is 5.45. The van der Waals surface area contributed by atoms with Gasteiger partial charge in [-0.2, -0.15) is 0 Å². The second-order valence-electron chi connectivity index (χ2n) is 6.65. The predicted octanol–water partition coefficient (Wildman–Crippen LogP) is 2.86. The quantitative estimate of drug-likeness (QED) is 0.518. The van der Waals surface area contributed by atoms with Gasteiger partial charge in [0.15, 0.2) is 12.6 Å². The van der Waals surface area contributed by atoms with E-state index in [-0.39, 0.29) is 12.5 Å². The minimum absolute atomic E-state index is 0.0355. The molecule has 1 N–H and O–H groups in total. The Balaban J connectivity index is 1.95. The predicted molar refractivity (Wildman–Crippen MR) is 116 cm³/mol. The van der Waals surface area contributed by atoms with E-state index >= 15 is 0 Å². The van der Waals surface area contributed by atoms with Crippen molar-refractivity contribution in [2.75, 3.05) is 40.8 Å². The first kappa shape index (κ1) is 21.8. The van der Waals surface area contributed by atoms with Crippen molar-refractivity contribution in [1.82, 2.24) is 15.1 Å². The molecule has 0 unspecified atom stereocenters. The van der Waals surface area contributed by atoms with E-state index in [4.69, 9.17) is 9.73 Å². The van der Waals surface area contributed by atoms with E-state index in [1.807, 2.05) is 24.3 Å². The molecule has 0 fully saturated rings. The van der Waals surface area contributed by atoms with Crippen molar-refractivity contribution in [3.8, 4) is 5.75 Å². The van der Waals surface area contributed by atoms with Crippen LogP contribution in [-0.2, 0) is 17.8 Å². The average molecular weight is 403 g/mol. The summed E-state index contributed by atoms with van der Waals surface area (Å²) >= 11 is 1.78. The first-order valence-corrected chi connectivity index (χ1v) is 10.3. The van der Waals surface area contributed by atoms with Crippen molar-refractivity contribution in [3.63, 3.8) is 0 Å². The minimum Gasteiger partial charge on any atom is -0.484 e. The van der Waals surface area contributed by atoms with Crippen LogP contribution in [0.4, 0.5) is 0 Å². The van der Waals surface area contributed by atoms with Gasteiger partial charge in [-0.1, -0.05) is 18.2 Å². The molecule has 2 aromatic rings. The molecule has 0 aliphatic heterocycles. The molecule has 1 aromatic heterocycles. The van der Waals surface area contributed by atoms with Gasteiger partial charge in [-0.05, 0) is 42.5 Å². The zero-order chi connectivity index (χ0) is 20.4. The molecule has 0 bridgehead atoms. The third-order valence-corrected chi connectivity index (χ3v) is 5.08. The van der Waals surface area contributed by atoms with E-state index in [1.54, 1.807) is 25.4 Å². The molecule has 1 amide bonds. The highest BCUT2D eigenvalue weighted by atomic mass is 32.1. The normalized spacial score (nSPS) is 11.2. The topological polar surface area (TPSA) is 57.2 Å². The van der Waals surface area contributed by atoms with E-state index in [1.165, 1.54) is 9.78 Å². The van der Waals surface area contributed by atoms with E-state index in [9.17, 15) is 4.79 Å². The van der Waals surface area contributed by atoms with Crippen LogP contribution in [0, 0.1) is 0 Å². The van der Waals surface area contributed by atoms with Crippen LogP contribution in [0.5, 0.6) is 5.75 Å². The number of guanidine groups is 1. The summed E-state index contributed by atoms with van der Waals surface area (Å²) in [6, 6.07) is 12.0. The second kappa shape index (κ2) is 11.3. The van der Waals surface area contributed by atoms with Crippen LogP contribution in [0.1, 0.15) is 17.4 Å². The fourth-order valence-electron chi connectivity index (χ4n) is 2.48. The van der Waals surface area contributed by atoms with E-state index in [0.29, 0.717) is 12.3 Å². The molecule has 1 heterocycles. The summed E-state index contributed by atoms with van der Waals surface area (Å²) in [5.41, 5.74) is 1.04. The molecule has 1 aromatic carbocycles. The highest BCUT2D eigenvalue weighted by molar-refractivity contribution is 7.09. The molecular formula is C21H30N4O2S. The minimum atomic E-state index is -0.0646. The molecule has 6 nitrogen and oxygen atoms in total. The fourth-order valence-corrected chi connectivity index (χ4v) is 3.18. The number of benzene rings is 1. The Labute approximate surface area is 171 Å². The van der Waals surface area contributed by atoms with E-state index in [0.717, 1.165) is 31.0 Å². The molecule has 0 saturated carbocycles. The number of nitrogens with one attached hydrogen (secondary N) is 1. The van der Waals surface area contributed by atoms with Gasteiger partial charge in [-0.15, -0.1) is 11.3 Å². The number of aliphatic imine (C=N–C) groups is 1. The van der Waals surface area contributed by atoms with Gasteiger partial charge in [0.2, 0.25) is 0 Å². The lowest BCUT2D eigenvalue weighted by atomic mass is 10.2. The van der Waals surface area contributed by atoms with Crippen molar-refractivity contribution in [2.45, 2.75) is 19.9 Å². The smallest absolute Gasteiger partial charge is 0.259 e. The lowest BCUT2D eigenvalue weighted by Gasteiger charge is -2.21. The SMILES string of the molecule is CCNC(=NCc1cccc(OCC(=O)N(C)C)c1)N(C)CCc1cccs1. The van der Waals surface area contributed by atoms with E-state index in [2.05, 4.69) is 41.7 Å². The number of thiophene rings is 1. The highest BCUT2D eigenvalue weighted by Crippen LogP contribution is 2.14. The summed E-state index contributed by atoms with van der Waals surface area (Å²) in [6.07, 6.45) is 1.00. The monoisotopic (exact) mass is 402 g/mol. The average Bonchev–Trinajstić information content (AvgIpc) is 3.21. The Morgan fingerprint density at radius 3 is 2.71 bits per heavy atom. The Kier molecular flexibility index (Phi) is 8.81. The third kappa shape index (κ3) is 7.23. The van der Waals surface area contributed by atoms with Crippen molar-refractivity contribution >= 4 is 23.2 Å². The van der Waals surface area contributed by atoms with Crippen molar-refractivity contribution < 1.29 is 9.53 Å². The molecule has 28 heavy (non-hydrogen) atoms. The Hall–Kier alpha value is -2.54. The Morgan fingerprint density at radius 1 is 1.21 bits per heavy atom. The van der Waals surface area contributed by atoms with Crippen LogP contribution in [0.2, 0.25) is 0 Å². The number of amides is 1. The van der Waals surface area contributed by atoms with Crippen LogP contribution >= 0.6 is 11.3 Å². The lowest BCUT2D eigenvalue weighted by Crippen LogP contribution is -2.39. The second-order valence-corrected chi connectivity index (χ2v) is 7.68. The standard InChI is InChI=1S/C21H30N4O2S/c1-5-22-21(25(4)12-11-19-10-7-13-28-19)23-15-17-8-6-9-18(14-17)27-16-20(26)24(2)3/h6-10,13-14H,5,11-12,15-16H2,1-4H3,(H,22,23). The van der Waals surface area contributed by atoms with Gasteiger partial charge >= 0.3 is 0 Å². The van der Waals surface area contributed by atoms with Crippen molar-refractivity contribution in [2.24, 2.45) is 4.99 Å².